The fourth-order valence-electron chi connectivity index (χ4n) is 1.72. The highest BCUT2D eigenvalue weighted by molar-refractivity contribution is 4.88. The average Bonchev–Trinajstić information content (AvgIpc) is 2.35. The fourth-order valence-corrected chi connectivity index (χ4v) is 1.72. The molecule has 2 N–H and O–H groups in total. The van der Waals surface area contributed by atoms with Crippen molar-refractivity contribution in [3.8, 4) is 0 Å². The quantitative estimate of drug-likeness (QED) is 0.701. The maximum Gasteiger partial charge on any atom is 0.0646 e. The lowest BCUT2D eigenvalue weighted by atomic mass is 10.0. The summed E-state index contributed by atoms with van der Waals surface area (Å²) < 4.78 is 5.56. The van der Waals surface area contributed by atoms with Crippen LogP contribution in [0.3, 0.4) is 0 Å². The van der Waals surface area contributed by atoms with Crippen molar-refractivity contribution >= 4 is 0 Å². The van der Waals surface area contributed by atoms with Crippen molar-refractivity contribution in [3.05, 3.63) is 0 Å². The van der Waals surface area contributed by atoms with E-state index in [1.54, 1.807) is 0 Å². The minimum atomic E-state index is 0.00882. The van der Waals surface area contributed by atoms with Crippen molar-refractivity contribution in [1.82, 2.24) is 0 Å². The third-order valence-corrected chi connectivity index (χ3v) is 2.44. The minimum Gasteiger partial charge on any atom is -0.379 e. The van der Waals surface area contributed by atoms with Crippen LogP contribution in [0.15, 0.2) is 0 Å². The molecule has 0 spiro atoms. The van der Waals surface area contributed by atoms with Crippen LogP contribution in [0.4, 0.5) is 0 Å². The first kappa shape index (κ1) is 10.0. The van der Waals surface area contributed by atoms with Gasteiger partial charge in [0.15, 0.2) is 0 Å². The molecule has 0 atom stereocenters. The molecule has 1 fully saturated rings. The second-order valence-corrected chi connectivity index (χ2v) is 4.48. The van der Waals surface area contributed by atoms with Gasteiger partial charge in [-0.15, -0.1) is 0 Å². The molecule has 2 nitrogen and oxygen atoms in total. The maximum absolute atomic E-state index is 6.12. The third-order valence-electron chi connectivity index (χ3n) is 2.44. The zero-order chi connectivity index (χ0) is 9.03. The first-order chi connectivity index (χ1) is 5.62. The molecular weight excluding hydrogens is 150 g/mol. The van der Waals surface area contributed by atoms with Gasteiger partial charge in [0.1, 0.15) is 0 Å². The summed E-state index contributed by atoms with van der Waals surface area (Å²) in [4.78, 5) is 0. The molecule has 0 saturated heterocycles. The normalized spacial score (nSPS) is 22.0. The highest BCUT2D eigenvalue weighted by atomic mass is 16.5. The maximum atomic E-state index is 6.12. The predicted molar refractivity (Wildman–Crippen MR) is 51.0 cm³/mol. The monoisotopic (exact) mass is 171 g/mol. The summed E-state index contributed by atoms with van der Waals surface area (Å²) in [6, 6.07) is 0. The molecule has 2 heteroatoms. The average molecular weight is 171 g/mol. The van der Waals surface area contributed by atoms with Gasteiger partial charge in [-0.2, -0.15) is 0 Å². The summed E-state index contributed by atoms with van der Waals surface area (Å²) in [7, 11) is 0. The van der Waals surface area contributed by atoms with Gasteiger partial charge in [0, 0.05) is 12.1 Å². The molecule has 0 unspecified atom stereocenters. The van der Waals surface area contributed by atoms with Gasteiger partial charge >= 0.3 is 0 Å². The van der Waals surface area contributed by atoms with Gasteiger partial charge in [0.25, 0.3) is 0 Å². The zero-order valence-electron chi connectivity index (χ0n) is 8.31. The van der Waals surface area contributed by atoms with Gasteiger partial charge in [-0.3, -0.25) is 0 Å². The van der Waals surface area contributed by atoms with Crippen molar-refractivity contribution in [2.45, 2.75) is 45.1 Å². The fraction of sp³-hybridized carbons (Fsp3) is 1.00. The second-order valence-electron chi connectivity index (χ2n) is 4.48. The standard InChI is InChI=1S/C10H21NO/c1-9(2)7-12-8-10(11)5-3-4-6-10/h9H,3-8,11H2,1-2H3. The Labute approximate surface area is 75.5 Å². The molecular formula is C10H21NO. The lowest BCUT2D eigenvalue weighted by molar-refractivity contribution is 0.0687. The Bertz CT molecular complexity index is 128. The van der Waals surface area contributed by atoms with Gasteiger partial charge in [0.2, 0.25) is 0 Å². The summed E-state index contributed by atoms with van der Waals surface area (Å²) in [6.07, 6.45) is 4.85. The summed E-state index contributed by atoms with van der Waals surface area (Å²) in [5, 5.41) is 0. The molecule has 0 radical (unpaired) electrons. The summed E-state index contributed by atoms with van der Waals surface area (Å²) >= 11 is 0. The molecule has 0 aromatic rings. The first-order valence-corrected chi connectivity index (χ1v) is 4.99. The predicted octanol–water partition coefficient (Wildman–Crippen LogP) is 1.93. The van der Waals surface area contributed by atoms with Crippen molar-refractivity contribution in [2.75, 3.05) is 13.2 Å². The largest absolute Gasteiger partial charge is 0.379 e. The Morgan fingerprint density at radius 3 is 2.42 bits per heavy atom. The van der Waals surface area contributed by atoms with Gasteiger partial charge in [-0.25, -0.2) is 0 Å². The van der Waals surface area contributed by atoms with Crippen molar-refractivity contribution in [2.24, 2.45) is 11.7 Å². The minimum absolute atomic E-state index is 0.00882. The molecule has 0 aliphatic heterocycles. The molecule has 0 aromatic carbocycles. The highest BCUT2D eigenvalue weighted by Crippen LogP contribution is 2.27. The van der Waals surface area contributed by atoms with Crippen LogP contribution in [0.5, 0.6) is 0 Å². The van der Waals surface area contributed by atoms with Gasteiger partial charge < -0.3 is 10.5 Å². The van der Waals surface area contributed by atoms with E-state index in [1.165, 1.54) is 12.8 Å². The molecule has 1 rings (SSSR count). The SMILES string of the molecule is CC(C)COCC1(N)CCCC1. The van der Waals surface area contributed by atoms with Crippen LogP contribution in [0, 0.1) is 5.92 Å². The van der Waals surface area contributed by atoms with Crippen LogP contribution < -0.4 is 5.73 Å². The number of rotatable bonds is 4. The Morgan fingerprint density at radius 1 is 1.33 bits per heavy atom. The van der Waals surface area contributed by atoms with Gasteiger partial charge in [-0.05, 0) is 18.8 Å². The van der Waals surface area contributed by atoms with Crippen molar-refractivity contribution in [1.29, 1.82) is 0 Å². The van der Waals surface area contributed by atoms with E-state index in [1.807, 2.05) is 0 Å². The van der Waals surface area contributed by atoms with Crippen LogP contribution in [0.25, 0.3) is 0 Å². The lowest BCUT2D eigenvalue weighted by Crippen LogP contribution is -2.41. The van der Waals surface area contributed by atoms with Crippen molar-refractivity contribution < 1.29 is 4.74 Å². The molecule has 0 heterocycles. The number of hydrogen-bond acceptors (Lipinski definition) is 2. The molecule has 1 aliphatic carbocycles. The summed E-state index contributed by atoms with van der Waals surface area (Å²) in [6.45, 7) is 5.93. The molecule has 1 aliphatic rings. The Morgan fingerprint density at radius 2 is 1.92 bits per heavy atom. The van der Waals surface area contributed by atoms with E-state index in [-0.39, 0.29) is 5.54 Å². The van der Waals surface area contributed by atoms with Crippen LogP contribution >= 0.6 is 0 Å². The van der Waals surface area contributed by atoms with Gasteiger partial charge in [0.05, 0.1) is 6.61 Å². The van der Waals surface area contributed by atoms with Crippen molar-refractivity contribution in [3.63, 3.8) is 0 Å². The molecule has 12 heavy (non-hydrogen) atoms. The van der Waals surface area contributed by atoms with E-state index in [0.717, 1.165) is 26.1 Å². The van der Waals surface area contributed by atoms with E-state index >= 15 is 0 Å². The first-order valence-electron chi connectivity index (χ1n) is 4.99. The topological polar surface area (TPSA) is 35.2 Å². The summed E-state index contributed by atoms with van der Waals surface area (Å²) in [5.74, 6) is 0.620. The number of ether oxygens (including phenoxy) is 1. The number of hydrogen-bond donors (Lipinski definition) is 1. The molecule has 0 aromatic heterocycles. The number of nitrogens with two attached hydrogens (primary N) is 1. The Balaban J connectivity index is 2.13. The molecule has 0 amide bonds. The molecule has 1 saturated carbocycles. The van der Waals surface area contributed by atoms with Crippen LogP contribution in [-0.2, 0) is 4.74 Å². The van der Waals surface area contributed by atoms with E-state index < -0.39 is 0 Å². The summed E-state index contributed by atoms with van der Waals surface area (Å²) in [5.41, 5.74) is 6.13. The zero-order valence-corrected chi connectivity index (χ0v) is 8.31. The van der Waals surface area contributed by atoms with E-state index in [0.29, 0.717) is 5.92 Å². The van der Waals surface area contributed by atoms with Crippen LogP contribution in [-0.4, -0.2) is 18.8 Å². The highest BCUT2D eigenvalue weighted by Gasteiger charge is 2.29. The molecule has 72 valence electrons. The molecule has 0 bridgehead atoms. The Kier molecular flexibility index (Phi) is 3.53. The second kappa shape index (κ2) is 4.24. The van der Waals surface area contributed by atoms with E-state index in [2.05, 4.69) is 13.8 Å². The Hall–Kier alpha value is -0.0800. The van der Waals surface area contributed by atoms with Crippen LogP contribution in [0.2, 0.25) is 0 Å². The smallest absolute Gasteiger partial charge is 0.0646 e. The van der Waals surface area contributed by atoms with E-state index in [9.17, 15) is 0 Å². The van der Waals surface area contributed by atoms with Crippen LogP contribution in [0.1, 0.15) is 39.5 Å². The lowest BCUT2D eigenvalue weighted by Gasteiger charge is -2.23. The third kappa shape index (κ3) is 3.11. The van der Waals surface area contributed by atoms with E-state index in [4.69, 9.17) is 10.5 Å². The van der Waals surface area contributed by atoms with Gasteiger partial charge in [-0.1, -0.05) is 26.7 Å².